The van der Waals surface area contributed by atoms with Gasteiger partial charge in [-0.25, -0.2) is 19.2 Å². The molecule has 10 heteroatoms. The molecule has 4 aromatic rings. The molecule has 0 spiro atoms. The van der Waals surface area contributed by atoms with Gasteiger partial charge in [0.1, 0.15) is 12.1 Å². The summed E-state index contributed by atoms with van der Waals surface area (Å²) in [6.45, 7) is 0. The van der Waals surface area contributed by atoms with Gasteiger partial charge in [0.05, 0.1) is 23.8 Å². The first-order chi connectivity index (χ1) is 15.5. The van der Waals surface area contributed by atoms with Crippen LogP contribution >= 0.6 is 0 Å². The number of carbonyl (C=O) groups is 2. The molecule has 0 bridgehead atoms. The number of aryl methyl sites for hydroxylation is 1. The maximum Gasteiger partial charge on any atom is 0.340 e. The van der Waals surface area contributed by atoms with Crippen molar-refractivity contribution in [3.05, 3.63) is 48.2 Å². The standard InChI is InChI=1S/C22H19FN6O3/c1-29-10-25-19(28-29)13-5-3-4-12(17(13)23)16-8-14-15(22(31)32-2)9-24-20(18(14)26-16)27-21(30)11-6-7-11/h3-5,8-11,26H,6-7H2,1-2H3,(H,24,27,30). The monoisotopic (exact) mass is 434 g/mol. The molecular weight excluding hydrogens is 415 g/mol. The van der Waals surface area contributed by atoms with E-state index in [1.54, 1.807) is 31.3 Å². The number of carbonyl (C=O) groups excluding carboxylic acids is 2. The molecule has 5 rings (SSSR count). The molecule has 1 aromatic carbocycles. The number of aromatic amines is 1. The summed E-state index contributed by atoms with van der Waals surface area (Å²) in [6, 6.07) is 6.55. The molecule has 3 aromatic heterocycles. The van der Waals surface area contributed by atoms with Gasteiger partial charge >= 0.3 is 5.97 Å². The molecule has 0 aliphatic heterocycles. The Balaban J connectivity index is 1.65. The summed E-state index contributed by atoms with van der Waals surface area (Å²) in [6.07, 6.45) is 4.52. The molecule has 1 aliphatic rings. The molecule has 0 radical (unpaired) electrons. The number of halogens is 1. The summed E-state index contributed by atoms with van der Waals surface area (Å²) in [5, 5.41) is 7.44. The maximum atomic E-state index is 15.4. The van der Waals surface area contributed by atoms with E-state index in [9.17, 15) is 9.59 Å². The number of anilines is 1. The van der Waals surface area contributed by atoms with Crippen LogP contribution in [0.2, 0.25) is 0 Å². The van der Waals surface area contributed by atoms with Crippen LogP contribution in [0.3, 0.4) is 0 Å². The lowest BCUT2D eigenvalue weighted by atomic mass is 10.1. The molecule has 3 heterocycles. The number of rotatable bonds is 5. The van der Waals surface area contributed by atoms with Gasteiger partial charge in [-0.05, 0) is 31.0 Å². The van der Waals surface area contributed by atoms with E-state index in [0.29, 0.717) is 16.6 Å². The van der Waals surface area contributed by atoms with Crippen LogP contribution in [0.1, 0.15) is 23.2 Å². The number of amides is 1. The van der Waals surface area contributed by atoms with Crippen LogP contribution in [0.4, 0.5) is 10.2 Å². The zero-order chi connectivity index (χ0) is 22.4. The van der Waals surface area contributed by atoms with Crippen molar-refractivity contribution in [3.63, 3.8) is 0 Å². The van der Waals surface area contributed by atoms with Crippen molar-refractivity contribution in [2.75, 3.05) is 12.4 Å². The van der Waals surface area contributed by atoms with Crippen molar-refractivity contribution in [1.29, 1.82) is 0 Å². The third-order valence-electron chi connectivity index (χ3n) is 5.39. The van der Waals surface area contributed by atoms with E-state index in [1.807, 2.05) is 0 Å². The number of hydrogen-bond acceptors (Lipinski definition) is 6. The first kappa shape index (κ1) is 19.9. The molecule has 0 unspecified atom stereocenters. The van der Waals surface area contributed by atoms with Crippen LogP contribution in [0.5, 0.6) is 0 Å². The first-order valence-corrected chi connectivity index (χ1v) is 10.0. The molecule has 0 atom stereocenters. The second kappa shape index (κ2) is 7.56. The number of nitrogens with zero attached hydrogens (tertiary/aromatic N) is 4. The van der Waals surface area contributed by atoms with Crippen molar-refractivity contribution in [1.82, 2.24) is 24.7 Å². The topological polar surface area (TPSA) is 115 Å². The number of pyridine rings is 1. The van der Waals surface area contributed by atoms with E-state index in [0.717, 1.165) is 12.8 Å². The SMILES string of the molecule is COC(=O)c1cnc(NC(=O)C2CC2)c2[nH]c(-c3cccc(-c4ncn(C)n4)c3F)cc12. The normalized spacial score (nSPS) is 13.3. The van der Waals surface area contributed by atoms with E-state index in [4.69, 9.17) is 4.74 Å². The summed E-state index contributed by atoms with van der Waals surface area (Å²) in [7, 11) is 2.97. The zero-order valence-electron chi connectivity index (χ0n) is 17.3. The lowest BCUT2D eigenvalue weighted by molar-refractivity contribution is -0.117. The molecule has 9 nitrogen and oxygen atoms in total. The van der Waals surface area contributed by atoms with Gasteiger partial charge in [0.15, 0.2) is 11.6 Å². The van der Waals surface area contributed by atoms with Crippen LogP contribution in [0, 0.1) is 11.7 Å². The summed E-state index contributed by atoms with van der Waals surface area (Å²) in [5.41, 5.74) is 1.54. The summed E-state index contributed by atoms with van der Waals surface area (Å²) < 4.78 is 21.8. The van der Waals surface area contributed by atoms with Crippen molar-refractivity contribution in [2.45, 2.75) is 12.8 Å². The van der Waals surface area contributed by atoms with Crippen molar-refractivity contribution < 1.29 is 18.7 Å². The Morgan fingerprint density at radius 3 is 2.72 bits per heavy atom. The van der Waals surface area contributed by atoms with Crippen molar-refractivity contribution in [2.24, 2.45) is 13.0 Å². The van der Waals surface area contributed by atoms with Crippen LogP contribution < -0.4 is 5.32 Å². The number of nitrogens with one attached hydrogen (secondary N) is 2. The Labute approximate surface area is 181 Å². The Hall–Kier alpha value is -4.08. The van der Waals surface area contributed by atoms with Crippen LogP contribution in [0.15, 0.2) is 36.8 Å². The predicted molar refractivity (Wildman–Crippen MR) is 114 cm³/mol. The maximum absolute atomic E-state index is 15.4. The number of aromatic nitrogens is 5. The fraction of sp³-hybridized carbons (Fsp3) is 0.227. The highest BCUT2D eigenvalue weighted by Crippen LogP contribution is 2.35. The molecule has 0 saturated heterocycles. The fourth-order valence-electron chi connectivity index (χ4n) is 3.57. The van der Waals surface area contributed by atoms with Gasteiger partial charge in [-0.2, -0.15) is 5.10 Å². The molecule has 32 heavy (non-hydrogen) atoms. The second-order valence-corrected chi connectivity index (χ2v) is 7.66. The quantitative estimate of drug-likeness (QED) is 0.466. The summed E-state index contributed by atoms with van der Waals surface area (Å²) in [4.78, 5) is 36.1. The van der Waals surface area contributed by atoms with Gasteiger partial charge in [-0.15, -0.1) is 0 Å². The number of methoxy groups -OCH3 is 1. The van der Waals surface area contributed by atoms with E-state index < -0.39 is 11.8 Å². The van der Waals surface area contributed by atoms with Crippen LogP contribution in [0.25, 0.3) is 33.5 Å². The van der Waals surface area contributed by atoms with Gasteiger partial charge in [0.2, 0.25) is 5.91 Å². The molecule has 162 valence electrons. The molecule has 1 aliphatic carbocycles. The minimum atomic E-state index is -0.583. The molecular formula is C22H19FN6O3. The van der Waals surface area contributed by atoms with Crippen molar-refractivity contribution in [3.8, 4) is 22.6 Å². The van der Waals surface area contributed by atoms with Crippen LogP contribution in [-0.2, 0) is 16.6 Å². The van der Waals surface area contributed by atoms with Gasteiger partial charge in [-0.3, -0.25) is 9.48 Å². The third-order valence-corrected chi connectivity index (χ3v) is 5.39. The van der Waals surface area contributed by atoms with Gasteiger partial charge < -0.3 is 15.0 Å². The highest BCUT2D eigenvalue weighted by Gasteiger charge is 2.30. The minimum absolute atomic E-state index is 0.0263. The number of fused-ring (bicyclic) bond motifs is 1. The Morgan fingerprint density at radius 2 is 2.03 bits per heavy atom. The highest BCUT2D eigenvalue weighted by molar-refractivity contribution is 6.10. The van der Waals surface area contributed by atoms with Gasteiger partial charge in [-0.1, -0.05) is 6.07 Å². The van der Waals surface area contributed by atoms with Crippen molar-refractivity contribution >= 4 is 28.6 Å². The van der Waals surface area contributed by atoms with E-state index >= 15 is 4.39 Å². The smallest absolute Gasteiger partial charge is 0.340 e. The summed E-state index contributed by atoms with van der Waals surface area (Å²) in [5.74, 6) is -0.714. The molecule has 1 amide bonds. The zero-order valence-corrected chi connectivity index (χ0v) is 17.3. The Bertz CT molecular complexity index is 1370. The fourth-order valence-corrected chi connectivity index (χ4v) is 3.57. The number of H-pyrrole nitrogens is 1. The van der Waals surface area contributed by atoms with E-state index in [2.05, 4.69) is 25.4 Å². The lowest BCUT2D eigenvalue weighted by Crippen LogP contribution is -2.15. The Morgan fingerprint density at radius 1 is 1.25 bits per heavy atom. The molecule has 1 saturated carbocycles. The van der Waals surface area contributed by atoms with Gasteiger partial charge in [0.25, 0.3) is 0 Å². The van der Waals surface area contributed by atoms with Crippen LogP contribution in [-0.4, -0.2) is 43.7 Å². The van der Waals surface area contributed by atoms with Gasteiger partial charge in [0, 0.05) is 35.8 Å². The minimum Gasteiger partial charge on any atom is -0.465 e. The average Bonchev–Trinajstić information content (AvgIpc) is 3.41. The number of benzene rings is 1. The summed E-state index contributed by atoms with van der Waals surface area (Å²) >= 11 is 0. The third kappa shape index (κ3) is 3.39. The number of ether oxygens (including phenoxy) is 1. The number of esters is 1. The predicted octanol–water partition coefficient (Wildman–Crippen LogP) is 3.30. The van der Waals surface area contributed by atoms with E-state index in [-0.39, 0.29) is 40.2 Å². The number of hydrogen-bond donors (Lipinski definition) is 2. The molecule has 2 N–H and O–H groups in total. The largest absolute Gasteiger partial charge is 0.465 e. The molecule has 1 fully saturated rings. The highest BCUT2D eigenvalue weighted by atomic mass is 19.1. The first-order valence-electron chi connectivity index (χ1n) is 10.0. The lowest BCUT2D eigenvalue weighted by Gasteiger charge is -2.07. The average molecular weight is 434 g/mol. The Kier molecular flexibility index (Phi) is 4.69. The van der Waals surface area contributed by atoms with E-state index in [1.165, 1.54) is 24.3 Å². The second-order valence-electron chi connectivity index (χ2n) is 7.66.